The third-order valence-corrected chi connectivity index (χ3v) is 3.89. The highest BCUT2D eigenvalue weighted by atomic mass is 79.9. The lowest BCUT2D eigenvalue weighted by atomic mass is 10.1. The lowest BCUT2D eigenvalue weighted by Crippen LogP contribution is -2.09. The molecule has 1 aromatic rings. The fourth-order valence-corrected chi connectivity index (χ4v) is 2.64. The van der Waals surface area contributed by atoms with Crippen LogP contribution in [-0.4, -0.2) is 24.3 Å². The van der Waals surface area contributed by atoms with Crippen molar-refractivity contribution >= 4 is 21.9 Å². The summed E-state index contributed by atoms with van der Waals surface area (Å²) in [6.07, 6.45) is 2.30. The van der Waals surface area contributed by atoms with Crippen molar-refractivity contribution in [3.8, 4) is 11.5 Å². The molecule has 5 nitrogen and oxygen atoms in total. The number of aliphatic hydroxyl groups excluding tert-OH is 1. The fourth-order valence-electron chi connectivity index (χ4n) is 2.03. The molecule has 0 fully saturated rings. The molecule has 0 saturated carbocycles. The third-order valence-electron chi connectivity index (χ3n) is 3.20. The molecule has 0 aliphatic heterocycles. The van der Waals surface area contributed by atoms with Gasteiger partial charge < -0.3 is 19.3 Å². The van der Waals surface area contributed by atoms with Crippen LogP contribution in [0, 0.1) is 0 Å². The summed E-state index contributed by atoms with van der Waals surface area (Å²) >= 11 is 3.31. The Bertz CT molecular complexity index is 649. The summed E-state index contributed by atoms with van der Waals surface area (Å²) in [6.45, 7) is 8.15. The highest BCUT2D eigenvalue weighted by Crippen LogP contribution is 2.28. The van der Waals surface area contributed by atoms with E-state index in [0.29, 0.717) is 46.9 Å². The second-order valence-corrected chi connectivity index (χ2v) is 6.04. The molecule has 0 unspecified atom stereocenters. The molecule has 0 spiro atoms. The van der Waals surface area contributed by atoms with E-state index in [2.05, 4.69) is 15.9 Å². The van der Waals surface area contributed by atoms with E-state index >= 15 is 0 Å². The number of hydrogen-bond acceptors (Lipinski definition) is 5. The molecule has 0 aliphatic rings. The van der Waals surface area contributed by atoms with E-state index in [9.17, 15) is 9.90 Å². The minimum Gasteiger partial charge on any atom is -0.511 e. The van der Waals surface area contributed by atoms with Gasteiger partial charge in [-0.2, -0.15) is 0 Å². The maximum absolute atomic E-state index is 11.8. The average molecular weight is 413 g/mol. The Balaban J connectivity index is 3.09. The van der Waals surface area contributed by atoms with Crippen LogP contribution in [0.15, 0.2) is 40.3 Å². The predicted octanol–water partition coefficient (Wildman–Crippen LogP) is 5.05. The van der Waals surface area contributed by atoms with E-state index in [1.54, 1.807) is 38.1 Å². The fraction of sp³-hybridized carbons (Fsp3) is 0.421. The van der Waals surface area contributed by atoms with E-state index in [1.807, 2.05) is 13.8 Å². The highest BCUT2D eigenvalue weighted by Gasteiger charge is 2.12. The average Bonchev–Trinajstić information content (AvgIpc) is 2.56. The summed E-state index contributed by atoms with van der Waals surface area (Å²) in [5.41, 5.74) is 0.703. The van der Waals surface area contributed by atoms with Crippen LogP contribution in [0.3, 0.4) is 0 Å². The molecule has 0 aromatic heterocycles. The molecule has 0 amide bonds. The summed E-state index contributed by atoms with van der Waals surface area (Å²) < 4.78 is 16.9. The largest absolute Gasteiger partial charge is 0.511 e. The smallest absolute Gasteiger partial charge is 0.310 e. The van der Waals surface area contributed by atoms with Gasteiger partial charge in [-0.1, -0.05) is 13.0 Å². The lowest BCUT2D eigenvalue weighted by molar-refractivity contribution is -0.142. The molecule has 1 N–H and O–H groups in total. The summed E-state index contributed by atoms with van der Waals surface area (Å²) in [5, 5.41) is 9.74. The van der Waals surface area contributed by atoms with E-state index in [4.69, 9.17) is 14.2 Å². The van der Waals surface area contributed by atoms with Crippen LogP contribution in [0.25, 0.3) is 0 Å². The van der Waals surface area contributed by atoms with Crippen LogP contribution in [-0.2, 0) is 16.0 Å². The molecule has 1 rings (SSSR count). The minimum absolute atomic E-state index is 0.111. The number of hydrogen-bond donors (Lipinski definition) is 1. The van der Waals surface area contributed by atoms with E-state index in [1.165, 1.54) is 0 Å². The Morgan fingerprint density at radius 1 is 1.24 bits per heavy atom. The minimum atomic E-state index is -0.317. The Kier molecular flexibility index (Phi) is 9.13. The number of halogens is 1. The van der Waals surface area contributed by atoms with Gasteiger partial charge in [-0.05, 0) is 48.8 Å². The second-order valence-electron chi connectivity index (χ2n) is 5.19. The predicted molar refractivity (Wildman–Crippen MR) is 101 cm³/mol. The summed E-state index contributed by atoms with van der Waals surface area (Å²) in [6, 6.07) is 5.33. The van der Waals surface area contributed by atoms with Crippen molar-refractivity contribution in [3.63, 3.8) is 0 Å². The molecule has 6 heteroatoms. The Morgan fingerprint density at radius 3 is 2.56 bits per heavy atom. The van der Waals surface area contributed by atoms with Crippen molar-refractivity contribution in [2.75, 3.05) is 13.2 Å². The van der Waals surface area contributed by atoms with Gasteiger partial charge >= 0.3 is 5.97 Å². The number of rotatable bonds is 9. The summed E-state index contributed by atoms with van der Waals surface area (Å²) in [7, 11) is 0. The monoisotopic (exact) mass is 412 g/mol. The van der Waals surface area contributed by atoms with Gasteiger partial charge in [0.05, 0.1) is 24.1 Å². The van der Waals surface area contributed by atoms with Gasteiger partial charge in [-0.15, -0.1) is 0 Å². The van der Waals surface area contributed by atoms with Crippen LogP contribution in [0.2, 0.25) is 0 Å². The van der Waals surface area contributed by atoms with Crippen molar-refractivity contribution in [2.24, 2.45) is 0 Å². The molecule has 0 atom stereocenters. The van der Waals surface area contributed by atoms with Crippen LogP contribution in [0.5, 0.6) is 11.5 Å². The molecule has 1 aromatic carbocycles. The number of benzene rings is 1. The number of aliphatic hydroxyl groups is 1. The van der Waals surface area contributed by atoms with Crippen molar-refractivity contribution in [1.29, 1.82) is 0 Å². The molecule has 0 aliphatic carbocycles. The third kappa shape index (κ3) is 7.22. The standard InChI is InChI=1S/C19H25BrO5/c1-5-17(21)16(20)10-13(4)25-18-12-15(23-6-2)9-8-14(18)11-19(22)24-7-3/h8-10,12,21H,5-7,11H2,1-4H3/b13-10+,17-16-. The Morgan fingerprint density at radius 2 is 1.96 bits per heavy atom. The van der Waals surface area contributed by atoms with Crippen LogP contribution < -0.4 is 9.47 Å². The van der Waals surface area contributed by atoms with Gasteiger partial charge in [0, 0.05) is 18.1 Å². The zero-order valence-corrected chi connectivity index (χ0v) is 16.7. The maximum atomic E-state index is 11.8. The van der Waals surface area contributed by atoms with Gasteiger partial charge in [-0.3, -0.25) is 4.79 Å². The first-order valence-corrected chi connectivity index (χ1v) is 9.05. The molecule has 0 radical (unpaired) electrons. The first-order valence-electron chi connectivity index (χ1n) is 8.26. The van der Waals surface area contributed by atoms with E-state index in [-0.39, 0.29) is 18.1 Å². The molecule has 0 bridgehead atoms. The SMILES string of the molecule is CCOC(=O)Cc1ccc(OCC)cc1O/C(C)=C/C(Br)=C(/O)CC. The molecule has 25 heavy (non-hydrogen) atoms. The van der Waals surface area contributed by atoms with Crippen LogP contribution in [0.1, 0.15) is 39.7 Å². The van der Waals surface area contributed by atoms with Crippen molar-refractivity contribution in [3.05, 3.63) is 45.8 Å². The van der Waals surface area contributed by atoms with E-state index < -0.39 is 0 Å². The molecule has 0 saturated heterocycles. The normalized spacial score (nSPS) is 12.4. The van der Waals surface area contributed by atoms with Crippen molar-refractivity contribution < 1.29 is 24.1 Å². The molecular formula is C19H25BrO5. The number of carbonyl (C=O) groups is 1. The number of ether oxygens (including phenoxy) is 3. The topological polar surface area (TPSA) is 65.0 Å². The van der Waals surface area contributed by atoms with Gasteiger partial charge in [0.1, 0.15) is 23.0 Å². The Labute approximate surface area is 157 Å². The quantitative estimate of drug-likeness (QED) is 0.349. The molecule has 138 valence electrons. The lowest BCUT2D eigenvalue weighted by Gasteiger charge is -2.13. The zero-order valence-electron chi connectivity index (χ0n) is 15.1. The van der Waals surface area contributed by atoms with Crippen LogP contribution in [0.4, 0.5) is 0 Å². The van der Waals surface area contributed by atoms with Crippen molar-refractivity contribution in [1.82, 2.24) is 0 Å². The first kappa shape index (κ1) is 21.1. The Hall–Kier alpha value is -1.95. The number of carbonyl (C=O) groups excluding carboxylic acids is 1. The maximum Gasteiger partial charge on any atom is 0.310 e. The van der Waals surface area contributed by atoms with Crippen LogP contribution >= 0.6 is 15.9 Å². The van der Waals surface area contributed by atoms with Gasteiger partial charge in [0.25, 0.3) is 0 Å². The van der Waals surface area contributed by atoms with Gasteiger partial charge in [0.2, 0.25) is 0 Å². The zero-order chi connectivity index (χ0) is 18.8. The number of esters is 1. The van der Waals surface area contributed by atoms with Crippen molar-refractivity contribution in [2.45, 2.75) is 40.5 Å². The molecular weight excluding hydrogens is 388 g/mol. The van der Waals surface area contributed by atoms with Gasteiger partial charge in [-0.25, -0.2) is 0 Å². The van der Waals surface area contributed by atoms with Gasteiger partial charge in [0.15, 0.2) is 0 Å². The highest BCUT2D eigenvalue weighted by molar-refractivity contribution is 9.11. The van der Waals surface area contributed by atoms with E-state index in [0.717, 1.165) is 0 Å². The second kappa shape index (κ2) is 10.8. The summed E-state index contributed by atoms with van der Waals surface area (Å²) in [5.74, 6) is 1.65. The summed E-state index contributed by atoms with van der Waals surface area (Å²) in [4.78, 5) is 11.8. The number of allylic oxidation sites excluding steroid dienone is 4. The molecule has 0 heterocycles. The first-order chi connectivity index (χ1) is 11.9.